The maximum atomic E-state index is 12.0. The van der Waals surface area contributed by atoms with E-state index in [2.05, 4.69) is 5.32 Å². The van der Waals surface area contributed by atoms with Crippen molar-refractivity contribution in [3.05, 3.63) is 31.4 Å². The minimum Gasteiger partial charge on any atom is -0.393 e. The maximum absolute atomic E-state index is 12.0. The summed E-state index contributed by atoms with van der Waals surface area (Å²) in [7, 11) is 0.249. The van der Waals surface area contributed by atoms with Crippen LogP contribution in [0.1, 0.15) is 9.67 Å². The number of halogens is 2. The molecule has 0 saturated heterocycles. The fourth-order valence-corrected chi connectivity index (χ4v) is 3.23. The number of carbonyl (C=O) groups is 1. The Bertz CT molecular complexity index is 468. The molecule has 1 heterocycles. The third kappa shape index (κ3) is 3.07. The van der Waals surface area contributed by atoms with E-state index in [0.717, 1.165) is 11.3 Å². The fourth-order valence-electron chi connectivity index (χ4n) is 1.02. The molecule has 1 aromatic rings. The molecule has 0 spiro atoms. The highest BCUT2D eigenvalue weighted by Crippen LogP contribution is 2.32. The number of allylic oxidation sites excluding steroid dienone is 1. The minimum atomic E-state index is -1.38. The van der Waals surface area contributed by atoms with Gasteiger partial charge in [-0.05, 0) is 6.07 Å². The summed E-state index contributed by atoms with van der Waals surface area (Å²) in [5, 5.41) is 2.96. The average molecular weight is 298 g/mol. The van der Waals surface area contributed by atoms with Crippen molar-refractivity contribution >= 4 is 51.1 Å². The summed E-state index contributed by atoms with van der Waals surface area (Å²) in [5.41, 5.74) is 0. The molecule has 0 bridgehead atoms. The molecule has 0 radical (unpaired) electrons. The molecule has 1 atom stereocenters. The van der Waals surface area contributed by atoms with Gasteiger partial charge in [0.1, 0.15) is 4.91 Å². The van der Waals surface area contributed by atoms with E-state index < -0.39 is 10.8 Å². The van der Waals surface area contributed by atoms with Gasteiger partial charge in [-0.1, -0.05) is 23.2 Å². The lowest BCUT2D eigenvalue weighted by atomic mass is 10.3. The zero-order valence-electron chi connectivity index (χ0n) is 8.54. The number of ketones is 1. The summed E-state index contributed by atoms with van der Waals surface area (Å²) in [5.74, 6) is -0.364. The van der Waals surface area contributed by atoms with Gasteiger partial charge in [-0.25, -0.2) is 0 Å². The summed E-state index contributed by atoms with van der Waals surface area (Å²) in [6, 6.07) is 1.50. The van der Waals surface area contributed by atoms with Gasteiger partial charge >= 0.3 is 0 Å². The molecule has 1 rings (SSSR count). The number of rotatable bonds is 4. The molecule has 0 aromatic carbocycles. The number of Topliss-reactive ketones (excluding diaryl/α,β-unsaturated/α-hetero) is 1. The highest BCUT2D eigenvalue weighted by molar-refractivity contribution is 7.89. The standard InChI is InChI=1S/C9H9Cl2NO2S2/c1-12-4-6(16(2)14)8(13)9-5(10)3-7(11)15-9/h3-4,12H,1-2H3/b6-4-. The smallest absolute Gasteiger partial charge is 0.214 e. The zero-order chi connectivity index (χ0) is 12.3. The molecular weight excluding hydrogens is 289 g/mol. The van der Waals surface area contributed by atoms with E-state index in [9.17, 15) is 9.00 Å². The van der Waals surface area contributed by atoms with Crippen LogP contribution in [0.5, 0.6) is 0 Å². The predicted octanol–water partition coefficient (Wildman–Crippen LogP) is 2.68. The van der Waals surface area contributed by atoms with Gasteiger partial charge in [0.15, 0.2) is 0 Å². The van der Waals surface area contributed by atoms with Crippen molar-refractivity contribution in [2.24, 2.45) is 0 Å². The van der Waals surface area contributed by atoms with Gasteiger partial charge in [0, 0.05) is 19.5 Å². The maximum Gasteiger partial charge on any atom is 0.214 e. The van der Waals surface area contributed by atoms with Crippen molar-refractivity contribution in [1.29, 1.82) is 0 Å². The van der Waals surface area contributed by atoms with Crippen LogP contribution in [-0.4, -0.2) is 23.3 Å². The lowest BCUT2D eigenvalue weighted by Crippen LogP contribution is -2.10. The highest BCUT2D eigenvalue weighted by Gasteiger charge is 2.21. The molecule has 7 heteroatoms. The second-order valence-electron chi connectivity index (χ2n) is 2.81. The zero-order valence-corrected chi connectivity index (χ0v) is 11.7. The van der Waals surface area contributed by atoms with Gasteiger partial charge in [-0.15, -0.1) is 11.3 Å². The molecule has 16 heavy (non-hydrogen) atoms. The van der Waals surface area contributed by atoms with Gasteiger partial charge in [-0.2, -0.15) is 0 Å². The van der Waals surface area contributed by atoms with Gasteiger partial charge in [-0.3, -0.25) is 9.00 Å². The first kappa shape index (κ1) is 13.7. The van der Waals surface area contributed by atoms with Crippen molar-refractivity contribution in [3.63, 3.8) is 0 Å². The molecule has 0 saturated carbocycles. The fraction of sp³-hybridized carbons (Fsp3) is 0.222. The van der Waals surface area contributed by atoms with Crippen LogP contribution >= 0.6 is 34.5 Å². The molecule has 1 aromatic heterocycles. The van der Waals surface area contributed by atoms with E-state index in [1.165, 1.54) is 18.5 Å². The van der Waals surface area contributed by atoms with Gasteiger partial charge in [0.25, 0.3) is 0 Å². The van der Waals surface area contributed by atoms with Gasteiger partial charge in [0.2, 0.25) is 5.78 Å². The van der Waals surface area contributed by atoms with E-state index >= 15 is 0 Å². The number of thiophene rings is 1. The minimum absolute atomic E-state index is 0.169. The van der Waals surface area contributed by atoms with Crippen molar-refractivity contribution in [3.8, 4) is 0 Å². The third-order valence-electron chi connectivity index (χ3n) is 1.67. The second-order valence-corrected chi connectivity index (χ2v) is 6.25. The summed E-state index contributed by atoms with van der Waals surface area (Å²) in [6.07, 6.45) is 2.84. The predicted molar refractivity (Wildman–Crippen MR) is 69.9 cm³/mol. The van der Waals surface area contributed by atoms with Crippen LogP contribution < -0.4 is 5.32 Å². The SMILES string of the molecule is CN/C=C(/C(=O)c1sc(Cl)cc1Cl)S(C)=O. The second kappa shape index (κ2) is 5.82. The lowest BCUT2D eigenvalue weighted by Gasteiger charge is -2.01. The molecule has 0 fully saturated rings. The Balaban J connectivity index is 3.14. The van der Waals surface area contributed by atoms with Crippen LogP contribution in [0.2, 0.25) is 9.36 Å². The first-order valence-electron chi connectivity index (χ1n) is 4.17. The largest absolute Gasteiger partial charge is 0.393 e. The molecule has 88 valence electrons. The Morgan fingerprint density at radius 1 is 1.56 bits per heavy atom. The Morgan fingerprint density at radius 2 is 2.19 bits per heavy atom. The number of hydrogen-bond donors (Lipinski definition) is 1. The van der Waals surface area contributed by atoms with E-state index in [1.807, 2.05) is 0 Å². The summed E-state index contributed by atoms with van der Waals surface area (Å²) in [6.45, 7) is 0. The Morgan fingerprint density at radius 3 is 2.56 bits per heavy atom. The normalized spacial score (nSPS) is 13.6. The molecule has 0 amide bonds. The van der Waals surface area contributed by atoms with Gasteiger partial charge in [0.05, 0.1) is 25.0 Å². The highest BCUT2D eigenvalue weighted by atomic mass is 35.5. The van der Waals surface area contributed by atoms with Crippen LogP contribution in [0.3, 0.4) is 0 Å². The van der Waals surface area contributed by atoms with E-state index in [1.54, 1.807) is 7.05 Å². The first-order chi connectivity index (χ1) is 7.47. The monoisotopic (exact) mass is 297 g/mol. The lowest BCUT2D eigenvalue weighted by molar-refractivity contribution is 0.104. The molecule has 0 aliphatic carbocycles. The van der Waals surface area contributed by atoms with Crippen molar-refractivity contribution in [1.82, 2.24) is 5.32 Å². The van der Waals surface area contributed by atoms with Crippen molar-refractivity contribution in [2.75, 3.05) is 13.3 Å². The van der Waals surface area contributed by atoms with Crippen LogP contribution in [0.15, 0.2) is 17.2 Å². The van der Waals surface area contributed by atoms with Crippen LogP contribution in [0, 0.1) is 0 Å². The molecule has 3 nitrogen and oxygen atoms in total. The molecule has 0 aliphatic rings. The van der Waals surface area contributed by atoms with Crippen LogP contribution in [-0.2, 0) is 10.8 Å². The van der Waals surface area contributed by atoms with Crippen molar-refractivity contribution < 1.29 is 9.00 Å². The van der Waals surface area contributed by atoms with Crippen molar-refractivity contribution in [2.45, 2.75) is 0 Å². The molecular formula is C9H9Cl2NO2S2. The average Bonchev–Trinajstić information content (AvgIpc) is 2.53. The quantitative estimate of drug-likeness (QED) is 0.686. The summed E-state index contributed by atoms with van der Waals surface area (Å²) >= 11 is 12.7. The molecule has 1 N–H and O–H groups in total. The molecule has 1 unspecified atom stereocenters. The van der Waals surface area contributed by atoms with E-state index in [4.69, 9.17) is 23.2 Å². The third-order valence-corrected chi connectivity index (χ3v) is 4.27. The van der Waals surface area contributed by atoms with Crippen LogP contribution in [0.25, 0.3) is 0 Å². The number of nitrogens with one attached hydrogen (secondary N) is 1. The Hall–Kier alpha value is -0.360. The van der Waals surface area contributed by atoms with Crippen LogP contribution in [0.4, 0.5) is 0 Å². The van der Waals surface area contributed by atoms with E-state index in [0.29, 0.717) is 9.21 Å². The summed E-state index contributed by atoms with van der Waals surface area (Å²) in [4.78, 5) is 12.5. The first-order valence-corrected chi connectivity index (χ1v) is 7.30. The number of carbonyl (C=O) groups excluding carboxylic acids is 1. The molecule has 0 aliphatic heterocycles. The Kier molecular flexibility index (Phi) is 4.98. The Labute approximate surface area is 110 Å². The summed E-state index contributed by atoms with van der Waals surface area (Å²) < 4.78 is 11.8. The van der Waals surface area contributed by atoms with Gasteiger partial charge < -0.3 is 5.32 Å². The number of hydrogen-bond acceptors (Lipinski definition) is 4. The van der Waals surface area contributed by atoms with E-state index in [-0.39, 0.29) is 15.7 Å². The topological polar surface area (TPSA) is 46.2 Å².